The molecule has 102 valence electrons. The third-order valence-corrected chi connectivity index (χ3v) is 3.26. The molecule has 0 fully saturated rings. The molecule has 0 spiro atoms. The van der Waals surface area contributed by atoms with Crippen molar-refractivity contribution in [2.75, 3.05) is 26.7 Å². The lowest BCUT2D eigenvalue weighted by Gasteiger charge is -2.18. The Hall–Kier alpha value is -0.930. The summed E-state index contributed by atoms with van der Waals surface area (Å²) >= 11 is 0. The molecule has 1 aromatic heterocycles. The number of aromatic nitrogens is 1. The normalized spacial score (nSPS) is 12.9. The highest BCUT2D eigenvalue weighted by atomic mass is 15.1. The number of hydrogen-bond donors (Lipinski definition) is 1. The minimum Gasteiger partial charge on any atom is -0.315 e. The fourth-order valence-electron chi connectivity index (χ4n) is 2.10. The van der Waals surface area contributed by atoms with Gasteiger partial charge in [0.05, 0.1) is 0 Å². The van der Waals surface area contributed by atoms with Gasteiger partial charge in [0.2, 0.25) is 0 Å². The molecule has 0 radical (unpaired) electrons. The summed E-state index contributed by atoms with van der Waals surface area (Å²) < 4.78 is 0. The first-order valence-corrected chi connectivity index (χ1v) is 7.03. The van der Waals surface area contributed by atoms with Crippen LogP contribution in [0.25, 0.3) is 0 Å². The predicted molar refractivity (Wildman–Crippen MR) is 77.8 cm³/mol. The Bertz CT molecular complexity index is 300. The van der Waals surface area contributed by atoms with E-state index in [1.165, 1.54) is 24.9 Å². The van der Waals surface area contributed by atoms with E-state index in [0.717, 1.165) is 19.5 Å². The van der Waals surface area contributed by atoms with Crippen LogP contribution in [0.1, 0.15) is 32.3 Å². The number of hydrogen-bond acceptors (Lipinski definition) is 3. The molecule has 0 aliphatic heterocycles. The van der Waals surface area contributed by atoms with Crippen molar-refractivity contribution in [1.29, 1.82) is 0 Å². The van der Waals surface area contributed by atoms with Crippen LogP contribution in [0, 0.1) is 0 Å². The van der Waals surface area contributed by atoms with Gasteiger partial charge in [-0.3, -0.25) is 4.98 Å². The monoisotopic (exact) mass is 249 g/mol. The van der Waals surface area contributed by atoms with E-state index in [1.807, 2.05) is 12.4 Å². The third-order valence-electron chi connectivity index (χ3n) is 3.26. The Labute approximate surface area is 112 Å². The molecule has 0 saturated heterocycles. The molecule has 0 amide bonds. The van der Waals surface area contributed by atoms with E-state index in [4.69, 9.17) is 0 Å². The van der Waals surface area contributed by atoms with E-state index in [9.17, 15) is 0 Å². The molecular formula is C15H27N3. The largest absolute Gasteiger partial charge is 0.315 e. The Morgan fingerprint density at radius 1 is 1.28 bits per heavy atom. The van der Waals surface area contributed by atoms with Gasteiger partial charge in [-0.25, -0.2) is 0 Å². The Morgan fingerprint density at radius 3 is 2.67 bits per heavy atom. The van der Waals surface area contributed by atoms with Crippen LogP contribution in [0.3, 0.4) is 0 Å². The number of pyridine rings is 1. The molecule has 3 nitrogen and oxygen atoms in total. The second-order valence-corrected chi connectivity index (χ2v) is 5.01. The molecule has 0 bridgehead atoms. The molecule has 0 aliphatic carbocycles. The summed E-state index contributed by atoms with van der Waals surface area (Å²) in [6.07, 6.45) is 7.37. The quantitative estimate of drug-likeness (QED) is 0.728. The zero-order valence-corrected chi connectivity index (χ0v) is 12.0. The summed E-state index contributed by atoms with van der Waals surface area (Å²) in [4.78, 5) is 6.45. The second-order valence-electron chi connectivity index (χ2n) is 5.01. The van der Waals surface area contributed by atoms with Crippen LogP contribution in [0.5, 0.6) is 0 Å². The molecule has 1 heterocycles. The van der Waals surface area contributed by atoms with Crippen LogP contribution in [0.15, 0.2) is 24.5 Å². The van der Waals surface area contributed by atoms with Crippen LogP contribution >= 0.6 is 0 Å². The van der Waals surface area contributed by atoms with E-state index >= 15 is 0 Å². The lowest BCUT2D eigenvalue weighted by molar-refractivity contribution is 0.321. The van der Waals surface area contributed by atoms with Crippen molar-refractivity contribution in [3.05, 3.63) is 30.1 Å². The van der Waals surface area contributed by atoms with Gasteiger partial charge in [-0.15, -0.1) is 0 Å². The fourth-order valence-corrected chi connectivity index (χ4v) is 2.10. The third kappa shape index (κ3) is 6.72. The first-order valence-electron chi connectivity index (χ1n) is 7.03. The van der Waals surface area contributed by atoms with Gasteiger partial charge in [-0.05, 0) is 64.0 Å². The van der Waals surface area contributed by atoms with Crippen molar-refractivity contribution < 1.29 is 0 Å². The van der Waals surface area contributed by atoms with Gasteiger partial charge in [0, 0.05) is 25.0 Å². The topological polar surface area (TPSA) is 28.2 Å². The molecule has 0 saturated carbocycles. The summed E-state index contributed by atoms with van der Waals surface area (Å²) in [5, 5.41) is 3.45. The first-order chi connectivity index (χ1) is 8.72. The zero-order valence-electron chi connectivity index (χ0n) is 12.0. The predicted octanol–water partition coefficient (Wildman–Crippen LogP) is 2.33. The van der Waals surface area contributed by atoms with Crippen LogP contribution in [0.2, 0.25) is 0 Å². The summed E-state index contributed by atoms with van der Waals surface area (Å²) in [5.41, 5.74) is 1.37. The highest BCUT2D eigenvalue weighted by Gasteiger charge is 2.02. The van der Waals surface area contributed by atoms with Crippen LogP contribution in [-0.4, -0.2) is 42.6 Å². The smallest absolute Gasteiger partial charge is 0.0270 e. The summed E-state index contributed by atoms with van der Waals surface area (Å²) in [7, 11) is 2.21. The molecular weight excluding hydrogens is 222 g/mol. The van der Waals surface area contributed by atoms with Gasteiger partial charge >= 0.3 is 0 Å². The van der Waals surface area contributed by atoms with E-state index in [1.54, 1.807) is 0 Å². The molecule has 18 heavy (non-hydrogen) atoms. The molecule has 1 rings (SSSR count). The number of nitrogens with one attached hydrogen (secondary N) is 1. The fraction of sp³-hybridized carbons (Fsp3) is 0.667. The molecule has 0 aliphatic rings. The van der Waals surface area contributed by atoms with Crippen LogP contribution in [0.4, 0.5) is 0 Å². The van der Waals surface area contributed by atoms with E-state index < -0.39 is 0 Å². The van der Waals surface area contributed by atoms with Crippen molar-refractivity contribution in [3.8, 4) is 0 Å². The summed E-state index contributed by atoms with van der Waals surface area (Å²) in [6, 6.07) is 4.84. The lowest BCUT2D eigenvalue weighted by Crippen LogP contribution is -2.28. The summed E-state index contributed by atoms with van der Waals surface area (Å²) in [5.74, 6) is 0. The lowest BCUT2D eigenvalue weighted by atomic mass is 10.1. The minimum atomic E-state index is 0.642. The maximum Gasteiger partial charge on any atom is 0.0270 e. The van der Waals surface area contributed by atoms with Crippen molar-refractivity contribution in [2.45, 2.75) is 39.2 Å². The molecule has 1 aromatic rings. The minimum absolute atomic E-state index is 0.642. The standard InChI is InChI=1S/C15H27N3/c1-4-17-14(2)6-5-12-18(3)13-9-15-7-10-16-11-8-15/h7-8,10-11,14,17H,4-6,9,12-13H2,1-3H3. The van der Waals surface area contributed by atoms with E-state index in [2.05, 4.69) is 48.2 Å². The first kappa shape index (κ1) is 15.1. The zero-order chi connectivity index (χ0) is 13.2. The Morgan fingerprint density at radius 2 is 2.00 bits per heavy atom. The number of rotatable bonds is 9. The van der Waals surface area contributed by atoms with Gasteiger partial charge in [0.15, 0.2) is 0 Å². The number of nitrogens with zero attached hydrogens (tertiary/aromatic N) is 2. The average Bonchev–Trinajstić information content (AvgIpc) is 2.38. The van der Waals surface area contributed by atoms with E-state index in [-0.39, 0.29) is 0 Å². The molecule has 3 heteroatoms. The Kier molecular flexibility index (Phi) is 7.62. The molecule has 1 N–H and O–H groups in total. The molecule has 1 atom stereocenters. The Balaban J connectivity index is 2.09. The van der Waals surface area contributed by atoms with Crippen molar-refractivity contribution in [1.82, 2.24) is 15.2 Å². The van der Waals surface area contributed by atoms with Gasteiger partial charge in [-0.2, -0.15) is 0 Å². The maximum absolute atomic E-state index is 4.04. The molecule has 0 aromatic carbocycles. The highest BCUT2D eigenvalue weighted by molar-refractivity contribution is 5.09. The van der Waals surface area contributed by atoms with Crippen LogP contribution < -0.4 is 5.32 Å². The maximum atomic E-state index is 4.04. The highest BCUT2D eigenvalue weighted by Crippen LogP contribution is 2.01. The van der Waals surface area contributed by atoms with Gasteiger partial charge in [0.25, 0.3) is 0 Å². The molecule has 1 unspecified atom stereocenters. The SMILES string of the molecule is CCNC(C)CCCN(C)CCc1ccncc1. The van der Waals surface area contributed by atoms with E-state index in [0.29, 0.717) is 6.04 Å². The van der Waals surface area contributed by atoms with Crippen LogP contribution in [-0.2, 0) is 6.42 Å². The van der Waals surface area contributed by atoms with Gasteiger partial charge in [0.1, 0.15) is 0 Å². The van der Waals surface area contributed by atoms with Gasteiger partial charge in [-0.1, -0.05) is 6.92 Å². The number of likely N-dealkylation sites (N-methyl/N-ethyl adjacent to an activating group) is 1. The average molecular weight is 249 g/mol. The van der Waals surface area contributed by atoms with Crippen molar-refractivity contribution >= 4 is 0 Å². The van der Waals surface area contributed by atoms with Crippen molar-refractivity contribution in [2.24, 2.45) is 0 Å². The summed E-state index contributed by atoms with van der Waals surface area (Å²) in [6.45, 7) is 7.80. The van der Waals surface area contributed by atoms with Crippen molar-refractivity contribution in [3.63, 3.8) is 0 Å². The van der Waals surface area contributed by atoms with Gasteiger partial charge < -0.3 is 10.2 Å². The second kappa shape index (κ2) is 9.06.